The molecule has 102 valence electrons. The van der Waals surface area contributed by atoms with E-state index in [9.17, 15) is 0 Å². The van der Waals surface area contributed by atoms with Gasteiger partial charge in [-0.05, 0) is 32.2 Å². The van der Waals surface area contributed by atoms with Crippen molar-refractivity contribution in [1.29, 1.82) is 0 Å². The second-order valence-corrected chi connectivity index (χ2v) is 9.05. The molecule has 1 saturated carbocycles. The molecule has 0 aliphatic heterocycles. The van der Waals surface area contributed by atoms with Crippen LogP contribution >= 0.6 is 0 Å². The molecular formula is C14H30O2Si. The van der Waals surface area contributed by atoms with Crippen LogP contribution in [0.4, 0.5) is 0 Å². The van der Waals surface area contributed by atoms with Crippen molar-refractivity contribution in [1.82, 2.24) is 0 Å². The number of hydrogen-bond donors (Lipinski definition) is 0. The fourth-order valence-electron chi connectivity index (χ4n) is 3.20. The van der Waals surface area contributed by atoms with Crippen LogP contribution in [-0.4, -0.2) is 21.8 Å². The monoisotopic (exact) mass is 258 g/mol. The average Bonchev–Trinajstić information content (AvgIpc) is 2.38. The quantitative estimate of drug-likeness (QED) is 0.620. The smallest absolute Gasteiger partial charge is 0.344 e. The highest BCUT2D eigenvalue weighted by molar-refractivity contribution is 6.70. The maximum Gasteiger partial charge on any atom is 0.344 e. The van der Waals surface area contributed by atoms with Gasteiger partial charge in [0.1, 0.15) is 0 Å². The molecule has 1 rings (SSSR count). The van der Waals surface area contributed by atoms with E-state index in [2.05, 4.69) is 27.7 Å². The van der Waals surface area contributed by atoms with Crippen LogP contribution in [0, 0.1) is 0 Å². The summed E-state index contributed by atoms with van der Waals surface area (Å²) in [6.07, 6.45) is 7.99. The maximum absolute atomic E-state index is 6.28. The summed E-state index contributed by atoms with van der Waals surface area (Å²) in [5.41, 5.74) is 1.34. The van der Waals surface area contributed by atoms with Crippen molar-refractivity contribution in [3.63, 3.8) is 0 Å². The molecular weight excluding hydrogens is 228 g/mol. The molecule has 0 aromatic carbocycles. The van der Waals surface area contributed by atoms with E-state index in [0.717, 1.165) is 18.8 Å². The molecule has 0 radical (unpaired) electrons. The summed E-state index contributed by atoms with van der Waals surface area (Å²) in [5, 5.41) is 0. The van der Waals surface area contributed by atoms with Gasteiger partial charge < -0.3 is 8.85 Å². The van der Waals surface area contributed by atoms with Crippen LogP contribution in [0.2, 0.25) is 11.1 Å². The van der Waals surface area contributed by atoms with E-state index in [1.165, 1.54) is 38.5 Å². The van der Waals surface area contributed by atoms with Crippen molar-refractivity contribution >= 4 is 8.56 Å². The Morgan fingerprint density at radius 2 is 1.53 bits per heavy atom. The highest BCUT2D eigenvalue weighted by atomic mass is 28.4. The van der Waals surface area contributed by atoms with E-state index in [0.29, 0.717) is 5.54 Å². The average molecular weight is 258 g/mol. The summed E-state index contributed by atoms with van der Waals surface area (Å²) in [6, 6.07) is 0. The Kier molecular flexibility index (Phi) is 6.74. The van der Waals surface area contributed by atoms with Gasteiger partial charge >= 0.3 is 8.56 Å². The van der Waals surface area contributed by atoms with E-state index in [1.807, 2.05) is 0 Å². The zero-order valence-electron chi connectivity index (χ0n) is 12.1. The largest absolute Gasteiger partial charge is 0.394 e. The summed E-state index contributed by atoms with van der Waals surface area (Å²) in [6.45, 7) is 10.5. The van der Waals surface area contributed by atoms with Crippen LogP contribution in [0.15, 0.2) is 0 Å². The molecule has 1 atom stereocenters. The van der Waals surface area contributed by atoms with Gasteiger partial charge in [0.2, 0.25) is 0 Å². The minimum absolute atomic E-state index is 0.616. The van der Waals surface area contributed by atoms with Crippen LogP contribution in [-0.2, 0) is 8.85 Å². The Hall–Kier alpha value is 0.137. The molecule has 1 aliphatic carbocycles. The van der Waals surface area contributed by atoms with Crippen molar-refractivity contribution in [3.8, 4) is 0 Å². The molecule has 17 heavy (non-hydrogen) atoms. The summed E-state index contributed by atoms with van der Waals surface area (Å²) >= 11 is 0. The molecule has 0 aromatic rings. The third-order valence-electron chi connectivity index (χ3n) is 4.21. The Labute approximate surface area is 108 Å². The molecule has 0 saturated heterocycles. The van der Waals surface area contributed by atoms with Crippen LogP contribution in [0.5, 0.6) is 0 Å². The predicted molar refractivity (Wildman–Crippen MR) is 75.6 cm³/mol. The van der Waals surface area contributed by atoms with Crippen molar-refractivity contribution in [2.75, 3.05) is 13.2 Å². The molecule has 1 unspecified atom stereocenters. The Balaban J connectivity index is 2.85. The molecule has 1 fully saturated rings. The Morgan fingerprint density at radius 3 is 1.94 bits per heavy atom. The van der Waals surface area contributed by atoms with Crippen molar-refractivity contribution in [2.24, 2.45) is 0 Å². The highest BCUT2D eigenvalue weighted by Gasteiger charge is 2.49. The first-order valence-electron chi connectivity index (χ1n) is 7.49. The predicted octanol–water partition coefficient (Wildman–Crippen LogP) is 4.64. The zero-order valence-corrected chi connectivity index (χ0v) is 13.1. The van der Waals surface area contributed by atoms with E-state index < -0.39 is 8.56 Å². The lowest BCUT2D eigenvalue weighted by Gasteiger charge is -2.42. The molecule has 0 aromatic heterocycles. The molecule has 0 spiro atoms. The lowest BCUT2D eigenvalue weighted by Crippen LogP contribution is -2.51. The lowest BCUT2D eigenvalue weighted by atomic mass is 10.0. The summed E-state index contributed by atoms with van der Waals surface area (Å²) < 4.78 is 12.6. The van der Waals surface area contributed by atoms with Gasteiger partial charge in [-0.15, -0.1) is 0 Å². The molecule has 3 heteroatoms. The van der Waals surface area contributed by atoms with Gasteiger partial charge in [-0.3, -0.25) is 0 Å². The minimum Gasteiger partial charge on any atom is -0.394 e. The van der Waals surface area contributed by atoms with E-state index in [-0.39, 0.29) is 0 Å². The van der Waals surface area contributed by atoms with Crippen LogP contribution < -0.4 is 0 Å². The summed E-state index contributed by atoms with van der Waals surface area (Å²) in [7, 11) is -2.00. The van der Waals surface area contributed by atoms with Crippen LogP contribution in [0.25, 0.3) is 0 Å². The second kappa shape index (κ2) is 7.55. The first-order valence-corrected chi connectivity index (χ1v) is 9.46. The van der Waals surface area contributed by atoms with Crippen LogP contribution in [0.3, 0.4) is 0 Å². The van der Waals surface area contributed by atoms with Gasteiger partial charge in [-0.2, -0.15) is 0 Å². The first-order chi connectivity index (χ1) is 8.21. The van der Waals surface area contributed by atoms with E-state index in [1.54, 1.807) is 0 Å². The van der Waals surface area contributed by atoms with Crippen molar-refractivity contribution in [3.05, 3.63) is 0 Å². The lowest BCUT2D eigenvalue weighted by molar-refractivity contribution is 0.154. The fourth-order valence-corrected chi connectivity index (χ4v) is 7.82. The molecule has 2 nitrogen and oxygen atoms in total. The zero-order chi connectivity index (χ0) is 12.7. The van der Waals surface area contributed by atoms with Gasteiger partial charge in [0.05, 0.1) is 0 Å². The minimum atomic E-state index is -2.00. The Morgan fingerprint density at radius 1 is 1.00 bits per heavy atom. The molecule has 1 aliphatic rings. The topological polar surface area (TPSA) is 18.5 Å². The molecule has 0 amide bonds. The van der Waals surface area contributed by atoms with Crippen molar-refractivity contribution < 1.29 is 8.85 Å². The third kappa shape index (κ3) is 3.55. The Bertz CT molecular complexity index is 196. The summed E-state index contributed by atoms with van der Waals surface area (Å²) in [4.78, 5) is 0. The van der Waals surface area contributed by atoms with E-state index >= 15 is 0 Å². The van der Waals surface area contributed by atoms with Gasteiger partial charge in [0, 0.05) is 18.8 Å². The maximum atomic E-state index is 6.28. The first kappa shape index (κ1) is 15.2. The van der Waals surface area contributed by atoms with Gasteiger partial charge in [0.25, 0.3) is 0 Å². The summed E-state index contributed by atoms with van der Waals surface area (Å²) in [5.74, 6) is 0. The normalized spacial score (nSPS) is 20.5. The second-order valence-electron chi connectivity index (χ2n) is 5.23. The van der Waals surface area contributed by atoms with Crippen LogP contribution in [0.1, 0.15) is 66.2 Å². The van der Waals surface area contributed by atoms with E-state index in [4.69, 9.17) is 8.85 Å². The van der Waals surface area contributed by atoms with Gasteiger partial charge in [-0.25, -0.2) is 0 Å². The molecule has 0 heterocycles. The number of hydrogen-bond acceptors (Lipinski definition) is 2. The van der Waals surface area contributed by atoms with Crippen molar-refractivity contribution in [2.45, 2.75) is 77.3 Å². The fraction of sp³-hybridized carbons (Fsp3) is 1.00. The highest BCUT2D eigenvalue weighted by Crippen LogP contribution is 2.45. The standard InChI is InChI=1S/C14H30O2Si/c1-5-13(4)17(15-6-2,16-7-3)14-11-9-8-10-12-14/h13-14H,5-12H2,1-4H3. The molecule has 0 N–H and O–H groups in total. The number of rotatable bonds is 7. The van der Waals surface area contributed by atoms with Gasteiger partial charge in [-0.1, -0.05) is 39.5 Å². The SMILES string of the molecule is CCO[Si](OCC)(C(C)CC)C1CCCCC1. The third-order valence-corrected chi connectivity index (χ3v) is 9.19. The van der Waals surface area contributed by atoms with Gasteiger partial charge in [0.15, 0.2) is 0 Å². The molecule has 0 bridgehead atoms.